The molecule has 6 heteroatoms. The number of amides is 1. The maximum absolute atomic E-state index is 12.0. The molecule has 116 valence electrons. The summed E-state index contributed by atoms with van der Waals surface area (Å²) in [6, 6.07) is 11.2. The summed E-state index contributed by atoms with van der Waals surface area (Å²) < 4.78 is 3.73. The van der Waals surface area contributed by atoms with Gasteiger partial charge in [0.1, 0.15) is 0 Å². The molecule has 5 nitrogen and oxygen atoms in total. The molecule has 2 aromatic rings. The molecule has 1 fully saturated rings. The van der Waals surface area contributed by atoms with E-state index in [9.17, 15) is 4.79 Å². The van der Waals surface area contributed by atoms with Crippen LogP contribution in [0.4, 0.5) is 0 Å². The molecule has 1 N–H and O–H groups in total. The monoisotopic (exact) mass is 316 g/mol. The Kier molecular flexibility index (Phi) is 4.80. The first-order valence-corrected chi connectivity index (χ1v) is 8.42. The van der Waals surface area contributed by atoms with Crippen LogP contribution in [0.2, 0.25) is 0 Å². The number of nitrogens with zero attached hydrogens (tertiary/aromatic N) is 3. The zero-order chi connectivity index (χ0) is 15.4. The van der Waals surface area contributed by atoms with E-state index in [-0.39, 0.29) is 11.9 Å². The maximum atomic E-state index is 12.0. The predicted molar refractivity (Wildman–Crippen MR) is 86.7 cm³/mol. The molecule has 1 aliphatic rings. The number of aromatic nitrogens is 2. The van der Waals surface area contributed by atoms with Gasteiger partial charge < -0.3 is 5.32 Å². The average molecular weight is 316 g/mol. The fourth-order valence-electron chi connectivity index (χ4n) is 2.93. The number of hydrogen-bond acceptors (Lipinski definition) is 5. The van der Waals surface area contributed by atoms with E-state index in [0.717, 1.165) is 25.9 Å². The molecule has 22 heavy (non-hydrogen) atoms. The van der Waals surface area contributed by atoms with Gasteiger partial charge in [-0.1, -0.05) is 34.8 Å². The topological polar surface area (TPSA) is 58.1 Å². The first-order chi connectivity index (χ1) is 10.7. The van der Waals surface area contributed by atoms with Crippen LogP contribution in [0, 0.1) is 0 Å². The molecule has 1 aromatic carbocycles. The van der Waals surface area contributed by atoms with Crippen molar-refractivity contribution in [3.8, 4) is 0 Å². The molecule has 2 atom stereocenters. The Morgan fingerprint density at radius 1 is 1.41 bits per heavy atom. The number of nitrogens with one attached hydrogen (secondary N) is 1. The standard InChI is InChI=1S/C16H20N4OS/c1-12-9-14(17-16(21)15-11-22-19-18-15)7-8-20(12)10-13-5-3-2-4-6-13/h2-6,11-12,14H,7-10H2,1H3,(H,17,21)/t12-,14-/m0/s1. The van der Waals surface area contributed by atoms with Crippen LogP contribution in [-0.2, 0) is 6.54 Å². The molecular weight excluding hydrogens is 296 g/mol. The number of likely N-dealkylation sites (tertiary alicyclic amines) is 1. The Morgan fingerprint density at radius 3 is 2.91 bits per heavy atom. The third kappa shape index (κ3) is 3.69. The Balaban J connectivity index is 1.52. The second-order valence-electron chi connectivity index (χ2n) is 5.79. The fourth-order valence-corrected chi connectivity index (χ4v) is 3.36. The highest BCUT2D eigenvalue weighted by atomic mass is 32.1. The second kappa shape index (κ2) is 6.98. The summed E-state index contributed by atoms with van der Waals surface area (Å²) in [4.78, 5) is 14.5. The molecule has 0 bridgehead atoms. The molecule has 3 rings (SSSR count). The van der Waals surface area contributed by atoms with Gasteiger partial charge in [-0.05, 0) is 36.9 Å². The molecule has 2 heterocycles. The van der Waals surface area contributed by atoms with Crippen molar-refractivity contribution in [1.82, 2.24) is 19.8 Å². The summed E-state index contributed by atoms with van der Waals surface area (Å²) in [5.41, 5.74) is 1.76. The largest absolute Gasteiger partial charge is 0.348 e. The van der Waals surface area contributed by atoms with E-state index in [1.807, 2.05) is 6.07 Å². The van der Waals surface area contributed by atoms with E-state index in [4.69, 9.17) is 0 Å². The van der Waals surface area contributed by atoms with Crippen LogP contribution in [0.15, 0.2) is 35.7 Å². The van der Waals surface area contributed by atoms with Crippen molar-refractivity contribution >= 4 is 17.4 Å². The summed E-state index contributed by atoms with van der Waals surface area (Å²) in [6.07, 6.45) is 1.94. The minimum Gasteiger partial charge on any atom is -0.348 e. The van der Waals surface area contributed by atoms with Crippen molar-refractivity contribution in [2.45, 2.75) is 38.4 Å². The summed E-state index contributed by atoms with van der Waals surface area (Å²) >= 11 is 1.20. The summed E-state index contributed by atoms with van der Waals surface area (Å²) in [7, 11) is 0. The third-order valence-electron chi connectivity index (χ3n) is 4.17. The van der Waals surface area contributed by atoms with Crippen LogP contribution in [0.25, 0.3) is 0 Å². The summed E-state index contributed by atoms with van der Waals surface area (Å²) in [5.74, 6) is -0.109. The summed E-state index contributed by atoms with van der Waals surface area (Å²) in [6.45, 7) is 4.20. The van der Waals surface area contributed by atoms with E-state index in [1.54, 1.807) is 5.38 Å². The zero-order valence-corrected chi connectivity index (χ0v) is 13.4. The smallest absolute Gasteiger partial charge is 0.272 e. The molecule has 0 spiro atoms. The van der Waals surface area contributed by atoms with Crippen molar-refractivity contribution in [2.24, 2.45) is 0 Å². The van der Waals surface area contributed by atoms with Gasteiger partial charge in [0.25, 0.3) is 5.91 Å². The van der Waals surface area contributed by atoms with E-state index >= 15 is 0 Å². The molecule has 1 aliphatic heterocycles. The first kappa shape index (κ1) is 15.1. The van der Waals surface area contributed by atoms with Gasteiger partial charge in [-0.2, -0.15) is 0 Å². The highest BCUT2D eigenvalue weighted by Crippen LogP contribution is 2.20. The lowest BCUT2D eigenvalue weighted by molar-refractivity contribution is 0.0862. The molecule has 1 amide bonds. The fraction of sp³-hybridized carbons (Fsp3) is 0.438. The van der Waals surface area contributed by atoms with E-state index in [0.29, 0.717) is 11.7 Å². The molecule has 1 saturated heterocycles. The van der Waals surface area contributed by atoms with Gasteiger partial charge in [0.15, 0.2) is 5.69 Å². The number of piperidine rings is 1. The highest BCUT2D eigenvalue weighted by Gasteiger charge is 2.27. The minimum absolute atomic E-state index is 0.109. The SMILES string of the molecule is C[C@H]1C[C@@H](NC(=O)c2csnn2)CCN1Cc1ccccc1. The molecular formula is C16H20N4OS. The molecule has 0 saturated carbocycles. The molecule has 0 aliphatic carbocycles. The van der Waals surface area contributed by atoms with Gasteiger partial charge in [-0.3, -0.25) is 9.69 Å². The Hall–Kier alpha value is -1.79. The van der Waals surface area contributed by atoms with Crippen molar-refractivity contribution in [3.05, 3.63) is 47.0 Å². The van der Waals surface area contributed by atoms with Crippen molar-refractivity contribution < 1.29 is 4.79 Å². The number of carbonyl (C=O) groups is 1. The van der Waals surface area contributed by atoms with Crippen molar-refractivity contribution in [3.63, 3.8) is 0 Å². The quantitative estimate of drug-likeness (QED) is 0.940. The van der Waals surface area contributed by atoms with Crippen molar-refractivity contribution in [1.29, 1.82) is 0 Å². The predicted octanol–water partition coefficient (Wildman–Crippen LogP) is 2.32. The molecule has 0 unspecified atom stereocenters. The van der Waals surface area contributed by atoms with Crippen LogP contribution < -0.4 is 5.32 Å². The third-order valence-corrected chi connectivity index (χ3v) is 4.67. The summed E-state index contributed by atoms with van der Waals surface area (Å²) in [5, 5.41) is 8.58. The van der Waals surface area contributed by atoms with Gasteiger partial charge in [0.05, 0.1) is 0 Å². The normalized spacial score (nSPS) is 22.4. The Bertz CT molecular complexity index is 602. The van der Waals surface area contributed by atoms with E-state index in [1.165, 1.54) is 17.1 Å². The Labute approximate surface area is 134 Å². The first-order valence-electron chi connectivity index (χ1n) is 7.58. The van der Waals surface area contributed by atoms with Gasteiger partial charge >= 0.3 is 0 Å². The van der Waals surface area contributed by atoms with Crippen LogP contribution >= 0.6 is 11.5 Å². The number of carbonyl (C=O) groups excluding carboxylic acids is 1. The van der Waals surface area contributed by atoms with Crippen LogP contribution in [-0.4, -0.2) is 39.0 Å². The highest BCUT2D eigenvalue weighted by molar-refractivity contribution is 7.03. The van der Waals surface area contributed by atoms with Crippen LogP contribution in [0.5, 0.6) is 0 Å². The van der Waals surface area contributed by atoms with Gasteiger partial charge in [0, 0.05) is 30.6 Å². The van der Waals surface area contributed by atoms with Crippen molar-refractivity contribution in [2.75, 3.05) is 6.54 Å². The van der Waals surface area contributed by atoms with E-state index < -0.39 is 0 Å². The van der Waals surface area contributed by atoms with Gasteiger partial charge in [-0.25, -0.2) is 0 Å². The number of rotatable bonds is 4. The Morgan fingerprint density at radius 2 is 2.23 bits per heavy atom. The lowest BCUT2D eigenvalue weighted by atomic mass is 9.97. The molecule has 0 radical (unpaired) electrons. The molecule has 1 aromatic heterocycles. The lowest BCUT2D eigenvalue weighted by Gasteiger charge is -2.37. The van der Waals surface area contributed by atoms with E-state index in [2.05, 4.69) is 51.0 Å². The van der Waals surface area contributed by atoms with Crippen LogP contribution in [0.3, 0.4) is 0 Å². The zero-order valence-electron chi connectivity index (χ0n) is 12.6. The number of hydrogen-bond donors (Lipinski definition) is 1. The maximum Gasteiger partial charge on any atom is 0.272 e. The minimum atomic E-state index is -0.109. The lowest BCUT2D eigenvalue weighted by Crippen LogP contribution is -2.48. The second-order valence-corrected chi connectivity index (χ2v) is 6.40. The average Bonchev–Trinajstić information content (AvgIpc) is 3.05. The van der Waals surface area contributed by atoms with Gasteiger partial charge in [-0.15, -0.1) is 5.10 Å². The van der Waals surface area contributed by atoms with Gasteiger partial charge in [0.2, 0.25) is 0 Å². The van der Waals surface area contributed by atoms with Crippen LogP contribution in [0.1, 0.15) is 35.8 Å². The number of benzene rings is 1.